The first-order chi connectivity index (χ1) is 9.45. The number of rotatable bonds is 3. The Labute approximate surface area is 118 Å². The summed E-state index contributed by atoms with van der Waals surface area (Å²) in [6, 6.07) is 5.54. The maximum absolute atomic E-state index is 12.8. The quantitative estimate of drug-likeness (QED) is 0.923. The van der Waals surface area contributed by atoms with Gasteiger partial charge in [-0.2, -0.15) is 0 Å². The summed E-state index contributed by atoms with van der Waals surface area (Å²) in [5, 5.41) is 2.81. The number of ether oxygens (including phenoxy) is 1. The third kappa shape index (κ3) is 3.77. The molecule has 1 N–H and O–H groups in total. The monoisotopic (exact) mass is 280 g/mol. The van der Waals surface area contributed by atoms with Gasteiger partial charge in [0.2, 0.25) is 5.91 Å². The second-order valence-electron chi connectivity index (χ2n) is 5.38. The minimum atomic E-state index is -0.313. The summed E-state index contributed by atoms with van der Waals surface area (Å²) >= 11 is 0. The van der Waals surface area contributed by atoms with E-state index in [0.717, 1.165) is 13.1 Å². The summed E-state index contributed by atoms with van der Waals surface area (Å²) in [6.45, 7) is 7.37. The van der Waals surface area contributed by atoms with Gasteiger partial charge in [-0.05, 0) is 45.0 Å². The van der Waals surface area contributed by atoms with Crippen LogP contribution >= 0.6 is 0 Å². The van der Waals surface area contributed by atoms with E-state index in [1.165, 1.54) is 12.1 Å². The second kappa shape index (κ2) is 6.33. The lowest BCUT2D eigenvalue weighted by Crippen LogP contribution is -2.52. The smallest absolute Gasteiger partial charge is 0.241 e. The zero-order chi connectivity index (χ0) is 14.7. The molecule has 1 aliphatic rings. The number of anilines is 1. The molecule has 0 spiro atoms. The van der Waals surface area contributed by atoms with E-state index in [-0.39, 0.29) is 30.0 Å². The standard InChI is InChI=1S/C15H21FN2O2/c1-10-8-18(9-11(2)20-10)12(3)15(19)17-14-6-4-13(16)5-7-14/h4-7,10-12H,8-9H2,1-3H3,(H,17,19)/t10-,11-,12-/m1/s1. The van der Waals surface area contributed by atoms with Crippen LogP contribution in [0.1, 0.15) is 20.8 Å². The third-order valence-corrected chi connectivity index (χ3v) is 3.49. The molecule has 0 aliphatic carbocycles. The molecule has 1 amide bonds. The highest BCUT2D eigenvalue weighted by atomic mass is 19.1. The highest BCUT2D eigenvalue weighted by Gasteiger charge is 2.29. The first kappa shape index (κ1) is 14.9. The van der Waals surface area contributed by atoms with Crippen LogP contribution in [0.25, 0.3) is 0 Å². The lowest BCUT2D eigenvalue weighted by atomic mass is 10.1. The number of halogens is 1. The molecule has 1 heterocycles. The number of carbonyl (C=O) groups is 1. The number of morpholine rings is 1. The van der Waals surface area contributed by atoms with Crippen LogP contribution in [0, 0.1) is 5.82 Å². The van der Waals surface area contributed by atoms with Crippen molar-refractivity contribution in [3.8, 4) is 0 Å². The van der Waals surface area contributed by atoms with Gasteiger partial charge in [-0.3, -0.25) is 9.69 Å². The van der Waals surface area contributed by atoms with Crippen molar-refractivity contribution in [3.05, 3.63) is 30.1 Å². The maximum Gasteiger partial charge on any atom is 0.241 e. The van der Waals surface area contributed by atoms with Gasteiger partial charge in [0, 0.05) is 18.8 Å². The van der Waals surface area contributed by atoms with Crippen molar-refractivity contribution >= 4 is 11.6 Å². The normalized spacial score (nSPS) is 25.2. The predicted molar refractivity (Wildman–Crippen MR) is 76.1 cm³/mol. The number of hydrogen-bond acceptors (Lipinski definition) is 3. The van der Waals surface area contributed by atoms with E-state index in [0.29, 0.717) is 5.69 Å². The zero-order valence-corrected chi connectivity index (χ0v) is 12.1. The Kier molecular flexibility index (Phi) is 4.73. The van der Waals surface area contributed by atoms with Crippen molar-refractivity contribution in [2.75, 3.05) is 18.4 Å². The Bertz CT molecular complexity index is 453. The van der Waals surface area contributed by atoms with Crippen LogP contribution in [0.15, 0.2) is 24.3 Å². The van der Waals surface area contributed by atoms with Crippen molar-refractivity contribution < 1.29 is 13.9 Å². The number of hydrogen-bond donors (Lipinski definition) is 1. The van der Waals surface area contributed by atoms with E-state index < -0.39 is 0 Å². The van der Waals surface area contributed by atoms with Gasteiger partial charge in [-0.1, -0.05) is 0 Å². The van der Waals surface area contributed by atoms with Crippen LogP contribution < -0.4 is 5.32 Å². The van der Waals surface area contributed by atoms with Gasteiger partial charge in [0.1, 0.15) is 5.82 Å². The van der Waals surface area contributed by atoms with E-state index in [4.69, 9.17) is 4.74 Å². The minimum Gasteiger partial charge on any atom is -0.373 e. The van der Waals surface area contributed by atoms with Gasteiger partial charge in [0.25, 0.3) is 0 Å². The number of nitrogens with zero attached hydrogens (tertiary/aromatic N) is 1. The lowest BCUT2D eigenvalue weighted by molar-refractivity contribution is -0.126. The molecule has 1 aromatic carbocycles. The van der Waals surface area contributed by atoms with Crippen LogP contribution in [0.4, 0.5) is 10.1 Å². The third-order valence-electron chi connectivity index (χ3n) is 3.49. The average Bonchev–Trinajstić information content (AvgIpc) is 2.39. The second-order valence-corrected chi connectivity index (χ2v) is 5.38. The molecule has 1 aromatic rings. The predicted octanol–water partition coefficient (Wildman–Crippen LogP) is 2.26. The fourth-order valence-electron chi connectivity index (χ4n) is 2.48. The van der Waals surface area contributed by atoms with Crippen molar-refractivity contribution in [1.82, 2.24) is 4.90 Å². The fourth-order valence-corrected chi connectivity index (χ4v) is 2.48. The van der Waals surface area contributed by atoms with Crippen LogP contribution in [-0.2, 0) is 9.53 Å². The summed E-state index contributed by atoms with van der Waals surface area (Å²) in [4.78, 5) is 14.3. The van der Waals surface area contributed by atoms with Gasteiger partial charge in [0.15, 0.2) is 0 Å². The van der Waals surface area contributed by atoms with Gasteiger partial charge in [-0.25, -0.2) is 4.39 Å². The van der Waals surface area contributed by atoms with Gasteiger partial charge in [0.05, 0.1) is 18.2 Å². The molecule has 0 saturated carbocycles. The highest BCUT2D eigenvalue weighted by Crippen LogP contribution is 2.15. The van der Waals surface area contributed by atoms with Gasteiger partial charge in [-0.15, -0.1) is 0 Å². The summed E-state index contributed by atoms with van der Waals surface area (Å²) in [7, 11) is 0. The van der Waals surface area contributed by atoms with Gasteiger partial charge >= 0.3 is 0 Å². The first-order valence-electron chi connectivity index (χ1n) is 6.91. The van der Waals surface area contributed by atoms with Crippen LogP contribution in [0.5, 0.6) is 0 Å². The molecule has 4 nitrogen and oxygen atoms in total. The van der Waals surface area contributed by atoms with Crippen LogP contribution in [-0.4, -0.2) is 42.1 Å². The summed E-state index contributed by atoms with van der Waals surface area (Å²) < 4.78 is 18.5. The molecule has 5 heteroatoms. The number of carbonyl (C=O) groups excluding carboxylic acids is 1. The Morgan fingerprint density at radius 1 is 1.30 bits per heavy atom. The zero-order valence-electron chi connectivity index (χ0n) is 12.1. The van der Waals surface area contributed by atoms with E-state index in [9.17, 15) is 9.18 Å². The Morgan fingerprint density at radius 3 is 2.40 bits per heavy atom. The van der Waals surface area contributed by atoms with E-state index in [1.807, 2.05) is 20.8 Å². The Hall–Kier alpha value is -1.46. The molecule has 1 saturated heterocycles. The molecule has 0 bridgehead atoms. The topological polar surface area (TPSA) is 41.6 Å². The highest BCUT2D eigenvalue weighted by molar-refractivity contribution is 5.94. The summed E-state index contributed by atoms with van der Waals surface area (Å²) in [6.07, 6.45) is 0.250. The van der Waals surface area contributed by atoms with E-state index in [1.54, 1.807) is 12.1 Å². The lowest BCUT2D eigenvalue weighted by Gasteiger charge is -2.38. The molecule has 2 rings (SSSR count). The van der Waals surface area contributed by atoms with Crippen molar-refractivity contribution in [2.45, 2.75) is 39.0 Å². The Balaban J connectivity index is 1.96. The van der Waals surface area contributed by atoms with Crippen LogP contribution in [0.3, 0.4) is 0 Å². The number of amides is 1. The molecule has 0 unspecified atom stereocenters. The average molecular weight is 280 g/mol. The molecule has 110 valence electrons. The fraction of sp³-hybridized carbons (Fsp3) is 0.533. The molecule has 1 aliphatic heterocycles. The largest absolute Gasteiger partial charge is 0.373 e. The number of nitrogens with one attached hydrogen (secondary N) is 1. The molecular weight excluding hydrogens is 259 g/mol. The SMILES string of the molecule is C[C@@H]1CN([C@H](C)C(=O)Nc2ccc(F)cc2)C[C@@H](C)O1. The summed E-state index contributed by atoms with van der Waals surface area (Å²) in [5.74, 6) is -0.398. The molecule has 0 radical (unpaired) electrons. The number of benzene rings is 1. The molecule has 20 heavy (non-hydrogen) atoms. The van der Waals surface area contributed by atoms with Crippen LogP contribution in [0.2, 0.25) is 0 Å². The minimum absolute atomic E-state index is 0.0853. The maximum atomic E-state index is 12.8. The van der Waals surface area contributed by atoms with Crippen molar-refractivity contribution in [1.29, 1.82) is 0 Å². The molecule has 0 aromatic heterocycles. The van der Waals surface area contributed by atoms with Crippen molar-refractivity contribution in [2.24, 2.45) is 0 Å². The molecule has 3 atom stereocenters. The summed E-state index contributed by atoms with van der Waals surface area (Å²) in [5.41, 5.74) is 0.609. The molecule has 1 fully saturated rings. The molecular formula is C15H21FN2O2. The van der Waals surface area contributed by atoms with E-state index >= 15 is 0 Å². The first-order valence-corrected chi connectivity index (χ1v) is 6.91. The van der Waals surface area contributed by atoms with Crippen molar-refractivity contribution in [3.63, 3.8) is 0 Å². The van der Waals surface area contributed by atoms with E-state index in [2.05, 4.69) is 10.2 Å². The van der Waals surface area contributed by atoms with Gasteiger partial charge < -0.3 is 10.1 Å². The Morgan fingerprint density at radius 2 is 1.85 bits per heavy atom.